The van der Waals surface area contributed by atoms with E-state index in [9.17, 15) is 23.2 Å². The molecule has 2 saturated heterocycles. The summed E-state index contributed by atoms with van der Waals surface area (Å²) in [7, 11) is 1.66. The molecule has 46 heavy (non-hydrogen) atoms. The van der Waals surface area contributed by atoms with Crippen molar-refractivity contribution < 1.29 is 22.7 Å². The third kappa shape index (κ3) is 7.11. The first kappa shape index (κ1) is 31.8. The van der Waals surface area contributed by atoms with Crippen LogP contribution in [0, 0.1) is 11.3 Å². The molecule has 5 heterocycles. The topological polar surface area (TPSA) is 111 Å². The number of rotatable bonds is 11. The van der Waals surface area contributed by atoms with E-state index < -0.39 is 12.6 Å². The Labute approximate surface area is 268 Å². The molecule has 0 radical (unpaired) electrons. The van der Waals surface area contributed by atoms with Crippen LogP contribution in [-0.4, -0.2) is 88.3 Å². The van der Waals surface area contributed by atoms with Gasteiger partial charge in [0, 0.05) is 73.7 Å². The molecule has 2 fully saturated rings. The quantitative estimate of drug-likeness (QED) is 0.225. The first-order valence-corrected chi connectivity index (χ1v) is 16.0. The summed E-state index contributed by atoms with van der Waals surface area (Å²) in [5, 5.41) is 17.8. The van der Waals surface area contributed by atoms with Crippen molar-refractivity contribution in [1.82, 2.24) is 29.7 Å². The van der Waals surface area contributed by atoms with Gasteiger partial charge in [0.25, 0.3) is 0 Å². The number of amides is 1. The highest BCUT2D eigenvalue weighted by Crippen LogP contribution is 2.34. The number of methoxy groups -OCH3 is 1. The molecular formula is C32H35F3N8O2S. The standard InChI is InChI=1S/C32H35F3N8O2S/c1-3-29(44)39-23-17-42(18-23)8-9-43-24(15-36)11-20-10-21(28(45-2)13-27(20)43)16-41-6-4-22(5-7-41)40-30-26-12-25(14-32(33,34)35)46-31(26)38-19-37-30/h3,10-13,19,22-23H,1,4-9,14,16-18H2,2H3,(H,39,44)(H,37,38,40). The van der Waals surface area contributed by atoms with Gasteiger partial charge < -0.3 is 19.9 Å². The molecule has 0 bridgehead atoms. The SMILES string of the molecule is C=CC(=O)NC1CN(CCn2c(C#N)cc3cc(CN4CCC(Nc5ncnc6sc(CC(F)(F)F)cc56)CC4)c(OC)cc32)C1. The lowest BCUT2D eigenvalue weighted by Gasteiger charge is -2.39. The smallest absolute Gasteiger partial charge is 0.393 e. The number of alkyl halides is 3. The Morgan fingerprint density at radius 1 is 1.15 bits per heavy atom. The maximum Gasteiger partial charge on any atom is 0.393 e. The van der Waals surface area contributed by atoms with Gasteiger partial charge in [0.2, 0.25) is 5.91 Å². The molecule has 2 aliphatic rings. The maximum atomic E-state index is 12.9. The Morgan fingerprint density at radius 3 is 2.63 bits per heavy atom. The first-order valence-electron chi connectivity index (χ1n) is 15.2. The minimum atomic E-state index is -4.27. The number of piperidine rings is 1. The van der Waals surface area contributed by atoms with Crippen LogP contribution in [0.4, 0.5) is 19.0 Å². The lowest BCUT2D eigenvalue weighted by molar-refractivity contribution is -0.126. The zero-order valence-electron chi connectivity index (χ0n) is 25.4. The maximum absolute atomic E-state index is 12.9. The largest absolute Gasteiger partial charge is 0.496 e. The fourth-order valence-corrected chi connectivity index (χ4v) is 7.33. The fourth-order valence-electron chi connectivity index (χ4n) is 6.30. The van der Waals surface area contributed by atoms with E-state index in [1.54, 1.807) is 13.2 Å². The molecular weight excluding hydrogens is 617 g/mol. The number of carbonyl (C=O) groups excluding carboxylic acids is 1. The summed E-state index contributed by atoms with van der Waals surface area (Å²) >= 11 is 1.05. The number of ether oxygens (including phenoxy) is 1. The number of hydrogen-bond acceptors (Lipinski definition) is 9. The third-order valence-electron chi connectivity index (χ3n) is 8.62. The van der Waals surface area contributed by atoms with Crippen molar-refractivity contribution in [3.05, 3.63) is 59.4 Å². The highest BCUT2D eigenvalue weighted by Gasteiger charge is 2.30. The second kappa shape index (κ2) is 13.3. The van der Waals surface area contributed by atoms with Crippen LogP contribution in [0.1, 0.15) is 29.0 Å². The number of carbonyl (C=O) groups is 1. The van der Waals surface area contributed by atoms with Crippen molar-refractivity contribution in [2.45, 2.75) is 50.6 Å². The highest BCUT2D eigenvalue weighted by atomic mass is 32.1. The molecule has 0 spiro atoms. The second-order valence-corrected chi connectivity index (χ2v) is 12.9. The Morgan fingerprint density at radius 2 is 1.93 bits per heavy atom. The number of benzene rings is 1. The summed E-state index contributed by atoms with van der Waals surface area (Å²) in [5.74, 6) is 1.18. The molecule has 3 aromatic heterocycles. The molecule has 0 unspecified atom stereocenters. The van der Waals surface area contributed by atoms with Crippen LogP contribution in [0.25, 0.3) is 21.1 Å². The Kier molecular flexibility index (Phi) is 9.17. The van der Waals surface area contributed by atoms with Crippen LogP contribution in [0.15, 0.2) is 43.2 Å². The predicted octanol–water partition coefficient (Wildman–Crippen LogP) is 4.69. The van der Waals surface area contributed by atoms with Gasteiger partial charge in [0.05, 0.1) is 30.5 Å². The lowest BCUT2D eigenvalue weighted by atomic mass is 10.0. The van der Waals surface area contributed by atoms with Crippen LogP contribution >= 0.6 is 11.3 Å². The molecule has 4 aromatic rings. The van der Waals surface area contributed by atoms with Crippen LogP contribution in [-0.2, 0) is 24.3 Å². The number of halogens is 3. The number of anilines is 1. The van der Waals surface area contributed by atoms with Gasteiger partial charge in [-0.1, -0.05) is 6.58 Å². The Bertz CT molecular complexity index is 1780. The normalized spacial score (nSPS) is 16.8. The zero-order valence-corrected chi connectivity index (χ0v) is 26.3. The van der Waals surface area contributed by atoms with Crippen molar-refractivity contribution in [1.29, 1.82) is 5.26 Å². The van der Waals surface area contributed by atoms with E-state index in [1.165, 1.54) is 12.4 Å². The molecule has 6 rings (SSSR count). The van der Waals surface area contributed by atoms with Crippen molar-refractivity contribution in [3.63, 3.8) is 0 Å². The minimum absolute atomic E-state index is 0.120. The summed E-state index contributed by atoms with van der Waals surface area (Å²) in [5.41, 5.74) is 2.58. The number of aromatic nitrogens is 3. The molecule has 0 aliphatic carbocycles. The number of nitrogens with one attached hydrogen (secondary N) is 2. The zero-order chi connectivity index (χ0) is 32.4. The highest BCUT2D eigenvalue weighted by molar-refractivity contribution is 7.18. The molecule has 2 N–H and O–H groups in total. The summed E-state index contributed by atoms with van der Waals surface area (Å²) in [6.45, 7) is 8.76. The van der Waals surface area contributed by atoms with Crippen molar-refractivity contribution in [2.24, 2.45) is 0 Å². The summed E-state index contributed by atoms with van der Waals surface area (Å²) < 4.78 is 46.6. The van der Waals surface area contributed by atoms with E-state index in [-0.39, 0.29) is 22.9 Å². The lowest BCUT2D eigenvalue weighted by Crippen LogP contribution is -2.59. The van der Waals surface area contributed by atoms with Crippen LogP contribution in [0.2, 0.25) is 0 Å². The van der Waals surface area contributed by atoms with E-state index in [0.717, 1.165) is 79.1 Å². The summed E-state index contributed by atoms with van der Waals surface area (Å²) in [6, 6.07) is 10.2. The predicted molar refractivity (Wildman–Crippen MR) is 171 cm³/mol. The van der Waals surface area contributed by atoms with E-state index >= 15 is 0 Å². The number of likely N-dealkylation sites (tertiary alicyclic amines) is 2. The van der Waals surface area contributed by atoms with Gasteiger partial charge in [0.15, 0.2) is 0 Å². The molecule has 14 heteroatoms. The van der Waals surface area contributed by atoms with Gasteiger partial charge in [-0.05, 0) is 37.1 Å². The van der Waals surface area contributed by atoms with E-state index in [1.807, 2.05) is 16.7 Å². The molecule has 1 amide bonds. The molecule has 2 aliphatic heterocycles. The third-order valence-corrected chi connectivity index (χ3v) is 9.67. The van der Waals surface area contributed by atoms with Crippen LogP contribution in [0.3, 0.4) is 0 Å². The number of nitrogens with zero attached hydrogens (tertiary/aromatic N) is 6. The van der Waals surface area contributed by atoms with E-state index in [4.69, 9.17) is 4.74 Å². The molecule has 0 saturated carbocycles. The molecule has 0 atom stereocenters. The monoisotopic (exact) mass is 652 g/mol. The van der Waals surface area contributed by atoms with Gasteiger partial charge in [0.1, 0.15) is 34.5 Å². The minimum Gasteiger partial charge on any atom is -0.496 e. The van der Waals surface area contributed by atoms with Crippen LogP contribution < -0.4 is 15.4 Å². The molecule has 242 valence electrons. The van der Waals surface area contributed by atoms with E-state index in [0.29, 0.717) is 34.8 Å². The second-order valence-electron chi connectivity index (χ2n) is 11.8. The average Bonchev–Trinajstić information content (AvgIpc) is 3.57. The number of fused-ring (bicyclic) bond motifs is 2. The van der Waals surface area contributed by atoms with Gasteiger partial charge >= 0.3 is 6.18 Å². The first-order chi connectivity index (χ1) is 22.1. The Hall–Kier alpha value is -4.19. The van der Waals surface area contributed by atoms with Crippen molar-refractivity contribution in [3.8, 4) is 11.8 Å². The van der Waals surface area contributed by atoms with Gasteiger partial charge in [-0.15, -0.1) is 11.3 Å². The van der Waals surface area contributed by atoms with Crippen LogP contribution in [0.5, 0.6) is 5.75 Å². The van der Waals surface area contributed by atoms with Crippen molar-refractivity contribution >= 4 is 44.2 Å². The molecule has 10 nitrogen and oxygen atoms in total. The molecule has 1 aromatic carbocycles. The van der Waals surface area contributed by atoms with E-state index in [2.05, 4.69) is 49.1 Å². The van der Waals surface area contributed by atoms with Gasteiger partial charge in [-0.3, -0.25) is 14.6 Å². The number of nitriles is 1. The summed E-state index contributed by atoms with van der Waals surface area (Å²) in [6.07, 6.45) is -0.870. The fraction of sp³-hybridized carbons (Fsp3) is 0.438. The number of hydrogen-bond donors (Lipinski definition) is 2. The average molecular weight is 653 g/mol. The number of thiophene rings is 1. The van der Waals surface area contributed by atoms with Gasteiger partial charge in [-0.2, -0.15) is 18.4 Å². The summed E-state index contributed by atoms with van der Waals surface area (Å²) in [4.78, 5) is 25.4. The Balaban J connectivity index is 1.07. The van der Waals surface area contributed by atoms with Crippen molar-refractivity contribution in [2.75, 3.05) is 45.2 Å². The van der Waals surface area contributed by atoms with Gasteiger partial charge in [-0.25, -0.2) is 9.97 Å².